The van der Waals surface area contributed by atoms with Crippen LogP contribution >= 0.6 is 0 Å². The Morgan fingerprint density at radius 2 is 1.49 bits per heavy atom. The van der Waals surface area contributed by atoms with Gasteiger partial charge in [-0.2, -0.15) is 0 Å². The van der Waals surface area contributed by atoms with E-state index >= 15 is 4.39 Å². The largest absolute Gasteiger partial charge is 0.509 e. The third-order valence-corrected chi connectivity index (χ3v) is 13.2. The molecule has 17 heteroatoms. The predicted molar refractivity (Wildman–Crippen MR) is 209 cm³/mol. The number of ketones is 1. The Kier molecular flexibility index (Phi) is 15.7. The molecule has 0 amide bonds. The number of cyclic esters (lactones) is 1. The van der Waals surface area contributed by atoms with Gasteiger partial charge in [0.25, 0.3) is 0 Å². The predicted octanol–water partition coefficient (Wildman–Crippen LogP) is 4.94. The number of nitrogens with zero attached hydrogens (tertiary/aromatic N) is 1. The standard InChI is InChI=1S/C42H70FNO15/c1-17-28-42(11)34(58-38(48)59-42)24(5)32(46)39(8,43)20-41(10,51-16)33(57-37-31(49-14)27(44(12)13)18-21(2)52-37)22(3)30(23(4)36(47)55-28)56-29-19-40(9,50-15)35(25(6)53-29)54-26(7)45/h21-25,27-31,33-35,37H,17-20H2,1-16H3/t21-,22+,23-,24+,25+,27+,28-,29?,30+,31-,33-,34-,35+,37+,39+,40-,41-,42-/m1/s1. The molecule has 4 fully saturated rings. The smallest absolute Gasteiger partial charge is 0.458 e. The second-order valence-corrected chi connectivity index (χ2v) is 18.1. The van der Waals surface area contributed by atoms with Crippen molar-refractivity contribution in [2.75, 3.05) is 35.4 Å². The van der Waals surface area contributed by atoms with E-state index in [1.165, 1.54) is 41.9 Å². The summed E-state index contributed by atoms with van der Waals surface area (Å²) in [7, 11) is 8.31. The Hall–Kier alpha value is -2.51. The molecule has 16 nitrogen and oxygen atoms in total. The molecular formula is C42H70FNO15. The summed E-state index contributed by atoms with van der Waals surface area (Å²) in [5.74, 6) is -5.29. The number of ether oxygens (including phenoxy) is 11. The molecule has 340 valence electrons. The first-order chi connectivity index (χ1) is 27.3. The number of likely N-dealkylation sites (N-methyl/N-ethyl adjacent to an activating group) is 1. The van der Waals surface area contributed by atoms with E-state index in [-0.39, 0.29) is 25.0 Å². The summed E-state index contributed by atoms with van der Waals surface area (Å²) in [5, 5.41) is 0. The SMILES string of the molecule is CC[C@H]1OC(=O)[C@H](C)[C@@H](OC2C[C@@](C)(OC)[C@@H](OC(C)=O)[C@H](C)O2)[C@H](C)[C@@H](O[C@@H]2O[C@H](C)C[C@H](N(C)C)[C@H]2OC)[C@](C)(OC)C[C@](C)(F)C(=O)[C@H](C)[C@H]2OC(=O)O[C@@]21C. The molecule has 0 aromatic carbocycles. The first-order valence-electron chi connectivity index (χ1n) is 20.7. The van der Waals surface area contributed by atoms with Gasteiger partial charge < -0.3 is 57.0 Å². The zero-order valence-corrected chi connectivity index (χ0v) is 37.9. The molecule has 1 unspecified atom stereocenters. The fourth-order valence-electron chi connectivity index (χ4n) is 9.86. The van der Waals surface area contributed by atoms with Crippen LogP contribution in [-0.2, 0) is 66.5 Å². The number of fused-ring (bicyclic) bond motifs is 1. The van der Waals surface area contributed by atoms with Crippen LogP contribution in [0.25, 0.3) is 0 Å². The van der Waals surface area contributed by atoms with E-state index in [0.29, 0.717) is 6.42 Å². The van der Waals surface area contributed by atoms with Crippen LogP contribution < -0.4 is 0 Å². The number of esters is 2. The van der Waals surface area contributed by atoms with E-state index in [1.54, 1.807) is 48.7 Å². The Morgan fingerprint density at radius 3 is 2.03 bits per heavy atom. The summed E-state index contributed by atoms with van der Waals surface area (Å²) < 4.78 is 85.3. The molecule has 0 bridgehead atoms. The maximum Gasteiger partial charge on any atom is 0.509 e. The van der Waals surface area contributed by atoms with Gasteiger partial charge in [0.15, 0.2) is 41.8 Å². The van der Waals surface area contributed by atoms with Crippen molar-refractivity contribution in [1.29, 1.82) is 0 Å². The number of hydrogen-bond donors (Lipinski definition) is 0. The third kappa shape index (κ3) is 10.1. The molecule has 0 spiro atoms. The van der Waals surface area contributed by atoms with Crippen LogP contribution in [0.1, 0.15) is 102 Å². The number of hydrogen-bond acceptors (Lipinski definition) is 16. The molecule has 0 aliphatic carbocycles. The Balaban J connectivity index is 1.92. The van der Waals surface area contributed by atoms with Gasteiger partial charge in [0.1, 0.15) is 17.8 Å². The molecule has 0 aromatic heterocycles. The van der Waals surface area contributed by atoms with Gasteiger partial charge in [-0.05, 0) is 75.4 Å². The van der Waals surface area contributed by atoms with E-state index in [9.17, 15) is 19.2 Å². The summed E-state index contributed by atoms with van der Waals surface area (Å²) in [4.78, 5) is 55.8. The van der Waals surface area contributed by atoms with Crippen LogP contribution in [0.5, 0.6) is 0 Å². The highest BCUT2D eigenvalue weighted by molar-refractivity contribution is 5.90. The minimum absolute atomic E-state index is 0.0723. The highest BCUT2D eigenvalue weighted by atomic mass is 19.1. The minimum Gasteiger partial charge on any atom is -0.458 e. The second kappa shape index (κ2) is 18.9. The van der Waals surface area contributed by atoms with Crippen molar-refractivity contribution in [3.05, 3.63) is 0 Å². The second-order valence-electron chi connectivity index (χ2n) is 18.1. The van der Waals surface area contributed by atoms with Gasteiger partial charge in [0.05, 0.1) is 41.9 Å². The number of halogens is 1. The lowest BCUT2D eigenvalue weighted by Gasteiger charge is -2.50. The lowest BCUT2D eigenvalue weighted by molar-refractivity contribution is -0.322. The van der Waals surface area contributed by atoms with Crippen LogP contribution in [0.3, 0.4) is 0 Å². The van der Waals surface area contributed by atoms with E-state index in [1.807, 2.05) is 25.9 Å². The van der Waals surface area contributed by atoms with Gasteiger partial charge in [-0.3, -0.25) is 14.4 Å². The molecule has 4 heterocycles. The molecule has 0 N–H and O–H groups in total. The highest BCUT2D eigenvalue weighted by Gasteiger charge is 2.61. The highest BCUT2D eigenvalue weighted by Crippen LogP contribution is 2.45. The number of Topliss-reactive ketones (excluding diaryl/α,β-unsaturated/α-hetero) is 1. The van der Waals surface area contributed by atoms with Gasteiger partial charge in [0, 0.05) is 53.1 Å². The van der Waals surface area contributed by atoms with Crippen LogP contribution in [0.4, 0.5) is 9.18 Å². The van der Waals surface area contributed by atoms with Crippen LogP contribution in [0.2, 0.25) is 0 Å². The van der Waals surface area contributed by atoms with Gasteiger partial charge in [-0.15, -0.1) is 0 Å². The fraction of sp³-hybridized carbons (Fsp3) is 0.905. The van der Waals surface area contributed by atoms with Crippen LogP contribution in [-0.4, -0.2) is 154 Å². The third-order valence-electron chi connectivity index (χ3n) is 13.2. The topological polar surface area (TPSA) is 173 Å². The average Bonchev–Trinajstić information content (AvgIpc) is 3.48. The number of alkyl halides is 1. The molecule has 59 heavy (non-hydrogen) atoms. The molecule has 0 aromatic rings. The quantitative estimate of drug-likeness (QED) is 0.214. The molecule has 18 atom stereocenters. The summed E-state index contributed by atoms with van der Waals surface area (Å²) in [5.41, 5.74) is -6.94. The molecule has 4 aliphatic heterocycles. The minimum atomic E-state index is -2.59. The summed E-state index contributed by atoms with van der Waals surface area (Å²) in [6, 6.07) is -0.142. The average molecular weight is 848 g/mol. The maximum atomic E-state index is 17.5. The molecule has 4 rings (SSSR count). The number of carbonyl (C=O) groups is 4. The molecule has 0 saturated carbocycles. The van der Waals surface area contributed by atoms with Gasteiger partial charge in [0.2, 0.25) is 0 Å². The number of methoxy groups -OCH3 is 3. The molecular weight excluding hydrogens is 777 g/mol. The van der Waals surface area contributed by atoms with E-state index in [0.717, 1.165) is 0 Å². The molecule has 4 saturated heterocycles. The van der Waals surface area contributed by atoms with Crippen molar-refractivity contribution in [2.45, 2.75) is 192 Å². The van der Waals surface area contributed by atoms with E-state index in [4.69, 9.17) is 52.1 Å². The zero-order chi connectivity index (χ0) is 44.6. The number of carbonyl (C=O) groups excluding carboxylic acids is 4. The van der Waals surface area contributed by atoms with Crippen molar-refractivity contribution in [2.24, 2.45) is 17.8 Å². The zero-order valence-electron chi connectivity index (χ0n) is 37.9. The Labute approximate surface area is 348 Å². The van der Waals surface area contributed by atoms with Gasteiger partial charge in [-0.25, -0.2) is 9.18 Å². The maximum absolute atomic E-state index is 17.5. The summed E-state index contributed by atoms with van der Waals surface area (Å²) in [6.45, 7) is 17.7. The van der Waals surface area contributed by atoms with Crippen molar-refractivity contribution < 1.29 is 75.7 Å². The van der Waals surface area contributed by atoms with Crippen molar-refractivity contribution >= 4 is 23.9 Å². The Morgan fingerprint density at radius 1 is 0.864 bits per heavy atom. The van der Waals surface area contributed by atoms with Crippen molar-refractivity contribution in [1.82, 2.24) is 4.90 Å². The normalized spacial score (nSPS) is 46.4. The van der Waals surface area contributed by atoms with E-state index in [2.05, 4.69) is 0 Å². The number of rotatable bonds is 10. The van der Waals surface area contributed by atoms with Crippen molar-refractivity contribution in [3.8, 4) is 0 Å². The van der Waals surface area contributed by atoms with Gasteiger partial charge in [-0.1, -0.05) is 20.8 Å². The summed E-state index contributed by atoms with van der Waals surface area (Å²) in [6.07, 6.45) is -9.90. The lowest BCUT2D eigenvalue weighted by Crippen LogP contribution is -2.62. The molecule has 0 radical (unpaired) electrons. The monoisotopic (exact) mass is 847 g/mol. The lowest BCUT2D eigenvalue weighted by atomic mass is 9.72. The first kappa shape index (κ1) is 49.1. The van der Waals surface area contributed by atoms with Crippen molar-refractivity contribution in [3.63, 3.8) is 0 Å². The van der Waals surface area contributed by atoms with Crippen LogP contribution in [0, 0.1) is 17.8 Å². The molecule has 4 aliphatic rings. The van der Waals surface area contributed by atoms with E-state index < -0.39 is 126 Å². The summed E-state index contributed by atoms with van der Waals surface area (Å²) >= 11 is 0. The van der Waals surface area contributed by atoms with Gasteiger partial charge >= 0.3 is 18.1 Å². The van der Waals surface area contributed by atoms with Crippen LogP contribution in [0.15, 0.2) is 0 Å². The fourth-order valence-corrected chi connectivity index (χ4v) is 9.86. The first-order valence-corrected chi connectivity index (χ1v) is 20.7. The Bertz CT molecular complexity index is 1500.